The predicted octanol–water partition coefficient (Wildman–Crippen LogP) is 1.38. The standard InChI is InChI=1S/C8H5N3O4S2/c12-6-4-17-8(16)10(6)9-3-5-1-2-7(15-5)11(13)14/h1-3H,4H2/b9-3+. The van der Waals surface area contributed by atoms with E-state index in [0.29, 0.717) is 4.32 Å². The van der Waals surface area contributed by atoms with E-state index in [-0.39, 0.29) is 23.3 Å². The van der Waals surface area contributed by atoms with E-state index >= 15 is 0 Å². The number of nitrogens with zero attached hydrogens (tertiary/aromatic N) is 3. The Bertz CT molecular complexity index is 509. The number of nitro groups is 1. The first kappa shape index (κ1) is 11.7. The van der Waals surface area contributed by atoms with Crippen molar-refractivity contribution < 1.29 is 14.1 Å². The summed E-state index contributed by atoms with van der Waals surface area (Å²) in [5.41, 5.74) is 0. The average Bonchev–Trinajstić information content (AvgIpc) is 2.85. The molecule has 1 aromatic rings. The van der Waals surface area contributed by atoms with Gasteiger partial charge in [0.2, 0.25) is 0 Å². The Balaban J connectivity index is 2.12. The van der Waals surface area contributed by atoms with Gasteiger partial charge in [0.15, 0.2) is 10.1 Å². The van der Waals surface area contributed by atoms with Crippen LogP contribution in [0.15, 0.2) is 21.7 Å². The van der Waals surface area contributed by atoms with Crippen molar-refractivity contribution in [2.75, 3.05) is 5.75 Å². The maximum atomic E-state index is 11.3. The molecule has 0 aromatic carbocycles. The Hall–Kier alpha value is -1.74. The van der Waals surface area contributed by atoms with Gasteiger partial charge in [0.05, 0.1) is 18.0 Å². The third-order valence-corrected chi connectivity index (χ3v) is 3.16. The molecule has 0 aliphatic carbocycles. The molecule has 9 heteroatoms. The molecule has 1 saturated heterocycles. The molecule has 1 fully saturated rings. The summed E-state index contributed by atoms with van der Waals surface area (Å²) < 4.78 is 5.19. The summed E-state index contributed by atoms with van der Waals surface area (Å²) in [6.45, 7) is 0. The van der Waals surface area contributed by atoms with E-state index < -0.39 is 4.92 Å². The van der Waals surface area contributed by atoms with Crippen LogP contribution in [0.1, 0.15) is 5.76 Å². The highest BCUT2D eigenvalue weighted by atomic mass is 32.2. The lowest BCUT2D eigenvalue weighted by Gasteiger charge is -2.04. The highest BCUT2D eigenvalue weighted by Gasteiger charge is 2.26. The summed E-state index contributed by atoms with van der Waals surface area (Å²) in [5, 5.41) is 15.2. The van der Waals surface area contributed by atoms with Gasteiger partial charge in [-0.05, 0) is 6.07 Å². The summed E-state index contributed by atoms with van der Waals surface area (Å²) >= 11 is 6.11. The van der Waals surface area contributed by atoms with Crippen molar-refractivity contribution in [1.29, 1.82) is 0 Å². The number of carbonyl (C=O) groups excluding carboxylic acids is 1. The van der Waals surface area contributed by atoms with Crippen LogP contribution in [0.5, 0.6) is 0 Å². The molecular formula is C8H5N3O4S2. The lowest BCUT2D eigenvalue weighted by atomic mass is 10.5. The molecular weight excluding hydrogens is 266 g/mol. The van der Waals surface area contributed by atoms with Crippen molar-refractivity contribution in [2.24, 2.45) is 5.10 Å². The molecule has 88 valence electrons. The Labute approximate surface area is 105 Å². The van der Waals surface area contributed by atoms with E-state index in [9.17, 15) is 14.9 Å². The Morgan fingerprint density at radius 2 is 2.41 bits per heavy atom. The maximum absolute atomic E-state index is 11.3. The zero-order valence-electron chi connectivity index (χ0n) is 8.23. The fraction of sp³-hybridized carbons (Fsp3) is 0.125. The lowest BCUT2D eigenvalue weighted by Crippen LogP contribution is -2.22. The van der Waals surface area contributed by atoms with Crippen molar-refractivity contribution in [3.63, 3.8) is 0 Å². The number of hydrogen-bond donors (Lipinski definition) is 0. The molecule has 1 aliphatic rings. The molecule has 2 heterocycles. The Kier molecular flexibility index (Phi) is 3.20. The average molecular weight is 271 g/mol. The van der Waals surface area contributed by atoms with Crippen LogP contribution in [0.3, 0.4) is 0 Å². The third kappa shape index (κ3) is 2.50. The summed E-state index contributed by atoms with van der Waals surface area (Å²) in [6.07, 6.45) is 1.21. The van der Waals surface area contributed by atoms with Gasteiger partial charge >= 0.3 is 5.88 Å². The fourth-order valence-electron chi connectivity index (χ4n) is 1.08. The maximum Gasteiger partial charge on any atom is 0.433 e. The molecule has 1 amide bonds. The SMILES string of the molecule is O=C1CSC(=S)N1/N=C/c1ccc([N+](=O)[O-])o1. The number of furan rings is 1. The van der Waals surface area contributed by atoms with E-state index in [4.69, 9.17) is 16.6 Å². The van der Waals surface area contributed by atoms with Crippen LogP contribution in [0.25, 0.3) is 0 Å². The molecule has 0 unspecified atom stereocenters. The fourth-order valence-corrected chi connectivity index (χ4v) is 2.05. The summed E-state index contributed by atoms with van der Waals surface area (Å²) in [7, 11) is 0. The molecule has 1 aromatic heterocycles. The van der Waals surface area contributed by atoms with Crippen LogP contribution < -0.4 is 0 Å². The number of thiocarbonyl (C=S) groups is 1. The first-order chi connectivity index (χ1) is 8.08. The molecule has 0 atom stereocenters. The van der Waals surface area contributed by atoms with Crippen LogP contribution >= 0.6 is 24.0 Å². The Morgan fingerprint density at radius 3 is 2.94 bits per heavy atom. The minimum Gasteiger partial charge on any atom is -0.400 e. The van der Waals surface area contributed by atoms with Crippen LogP contribution in [0.2, 0.25) is 0 Å². The van der Waals surface area contributed by atoms with Gasteiger partial charge in [-0.2, -0.15) is 10.1 Å². The molecule has 0 bridgehead atoms. The molecule has 0 N–H and O–H groups in total. The van der Waals surface area contributed by atoms with Crippen molar-refractivity contribution in [2.45, 2.75) is 0 Å². The highest BCUT2D eigenvalue weighted by Crippen LogP contribution is 2.20. The largest absolute Gasteiger partial charge is 0.433 e. The van der Waals surface area contributed by atoms with Crippen LogP contribution in [-0.2, 0) is 4.79 Å². The van der Waals surface area contributed by atoms with E-state index in [2.05, 4.69) is 5.10 Å². The van der Waals surface area contributed by atoms with Gasteiger partial charge < -0.3 is 4.42 Å². The predicted molar refractivity (Wildman–Crippen MR) is 64.9 cm³/mol. The first-order valence-corrected chi connectivity index (χ1v) is 5.75. The Morgan fingerprint density at radius 1 is 1.65 bits per heavy atom. The molecule has 0 radical (unpaired) electrons. The monoisotopic (exact) mass is 271 g/mol. The van der Waals surface area contributed by atoms with Crippen molar-refractivity contribution in [3.05, 3.63) is 28.0 Å². The second kappa shape index (κ2) is 4.63. The van der Waals surface area contributed by atoms with Crippen molar-refractivity contribution >= 4 is 46.3 Å². The summed E-state index contributed by atoms with van der Waals surface area (Å²) in [4.78, 5) is 21.0. The topological polar surface area (TPSA) is 89.0 Å². The number of hydrazone groups is 1. The molecule has 7 nitrogen and oxygen atoms in total. The lowest BCUT2D eigenvalue weighted by molar-refractivity contribution is -0.402. The molecule has 0 saturated carbocycles. The number of hydrogen-bond acceptors (Lipinski definition) is 7. The quantitative estimate of drug-likeness (QED) is 0.357. The second-order valence-electron chi connectivity index (χ2n) is 2.94. The summed E-state index contributed by atoms with van der Waals surface area (Å²) in [5.74, 6) is -0.160. The third-order valence-electron chi connectivity index (χ3n) is 1.82. The van der Waals surface area contributed by atoms with Crippen LogP contribution in [-0.4, -0.2) is 32.1 Å². The number of amides is 1. The number of carbonyl (C=O) groups is 1. The molecule has 17 heavy (non-hydrogen) atoms. The van der Waals surface area contributed by atoms with Gasteiger partial charge in [0, 0.05) is 0 Å². The number of thioether (sulfide) groups is 1. The summed E-state index contributed by atoms with van der Waals surface area (Å²) in [6, 6.07) is 2.60. The van der Waals surface area contributed by atoms with Crippen LogP contribution in [0.4, 0.5) is 5.88 Å². The molecule has 0 spiro atoms. The van der Waals surface area contributed by atoms with E-state index in [1.54, 1.807) is 0 Å². The normalized spacial score (nSPS) is 16.1. The first-order valence-electron chi connectivity index (χ1n) is 4.36. The molecule has 2 rings (SSSR count). The van der Waals surface area contributed by atoms with Gasteiger partial charge in [0.1, 0.15) is 4.92 Å². The number of rotatable bonds is 3. The minimum atomic E-state index is -0.654. The van der Waals surface area contributed by atoms with Crippen molar-refractivity contribution in [3.8, 4) is 0 Å². The van der Waals surface area contributed by atoms with E-state index in [1.165, 1.54) is 30.1 Å². The van der Waals surface area contributed by atoms with Gasteiger partial charge in [-0.1, -0.05) is 24.0 Å². The van der Waals surface area contributed by atoms with Gasteiger partial charge in [-0.3, -0.25) is 14.9 Å². The zero-order valence-corrected chi connectivity index (χ0v) is 9.86. The van der Waals surface area contributed by atoms with Crippen LogP contribution in [0, 0.1) is 10.1 Å². The van der Waals surface area contributed by atoms with E-state index in [1.807, 2.05) is 0 Å². The van der Waals surface area contributed by atoms with E-state index in [0.717, 1.165) is 5.01 Å². The molecule has 1 aliphatic heterocycles. The van der Waals surface area contributed by atoms with Gasteiger partial charge in [0.25, 0.3) is 5.91 Å². The van der Waals surface area contributed by atoms with Gasteiger partial charge in [-0.25, -0.2) is 0 Å². The second-order valence-corrected chi connectivity index (χ2v) is 4.55. The zero-order chi connectivity index (χ0) is 12.4. The highest BCUT2D eigenvalue weighted by molar-refractivity contribution is 8.23. The van der Waals surface area contributed by atoms with Crippen molar-refractivity contribution in [1.82, 2.24) is 5.01 Å². The smallest absolute Gasteiger partial charge is 0.400 e. The van der Waals surface area contributed by atoms with Gasteiger partial charge in [-0.15, -0.1) is 0 Å². The minimum absolute atomic E-state index is 0.184.